The first kappa shape index (κ1) is 14.9. The summed E-state index contributed by atoms with van der Waals surface area (Å²) in [7, 11) is -3.61. The first-order chi connectivity index (χ1) is 9.48. The molecule has 0 amide bonds. The van der Waals surface area contributed by atoms with Crippen LogP contribution in [-0.2, 0) is 21.4 Å². The van der Waals surface area contributed by atoms with Crippen molar-refractivity contribution in [3.8, 4) is 0 Å². The van der Waals surface area contributed by atoms with Crippen LogP contribution < -0.4 is 0 Å². The number of piperidine rings is 1. The van der Waals surface area contributed by atoms with Gasteiger partial charge in [0, 0.05) is 25.8 Å². The highest BCUT2D eigenvalue weighted by Gasteiger charge is 2.32. The molecule has 110 valence electrons. The first-order valence-corrected chi connectivity index (χ1v) is 8.04. The summed E-state index contributed by atoms with van der Waals surface area (Å²) in [6.45, 7) is 5.03. The zero-order chi connectivity index (χ0) is 14.8. The van der Waals surface area contributed by atoms with E-state index < -0.39 is 10.0 Å². The van der Waals surface area contributed by atoms with E-state index >= 15 is 0 Å². The molecule has 2 heterocycles. The zero-order valence-electron chi connectivity index (χ0n) is 11.6. The van der Waals surface area contributed by atoms with Gasteiger partial charge in [0.05, 0.1) is 6.04 Å². The first-order valence-electron chi connectivity index (χ1n) is 6.60. The molecule has 1 unspecified atom stereocenters. The van der Waals surface area contributed by atoms with Crippen LogP contribution in [0.2, 0.25) is 0 Å². The Morgan fingerprint density at radius 3 is 2.90 bits per heavy atom. The SMILES string of the molecule is CCn1cc(S(=O)(=O)N2CCCC(N=C=O)C2)nc1C. The van der Waals surface area contributed by atoms with Crippen molar-refractivity contribution >= 4 is 16.1 Å². The molecule has 2 rings (SSSR count). The van der Waals surface area contributed by atoms with Crippen molar-refractivity contribution in [2.75, 3.05) is 13.1 Å². The minimum absolute atomic E-state index is 0.0626. The maximum Gasteiger partial charge on any atom is 0.262 e. The molecule has 1 aromatic rings. The molecule has 7 nitrogen and oxygen atoms in total. The highest BCUT2D eigenvalue weighted by atomic mass is 32.2. The minimum Gasteiger partial charge on any atom is -0.334 e. The van der Waals surface area contributed by atoms with Gasteiger partial charge in [-0.3, -0.25) is 0 Å². The molecule has 0 aromatic carbocycles. The van der Waals surface area contributed by atoms with Gasteiger partial charge in [-0.25, -0.2) is 23.2 Å². The average molecular weight is 298 g/mol. The van der Waals surface area contributed by atoms with Gasteiger partial charge in [-0.2, -0.15) is 4.31 Å². The van der Waals surface area contributed by atoms with Crippen LogP contribution in [0, 0.1) is 6.92 Å². The smallest absolute Gasteiger partial charge is 0.262 e. The third-order valence-electron chi connectivity index (χ3n) is 3.49. The summed E-state index contributed by atoms with van der Waals surface area (Å²) in [4.78, 5) is 18.1. The van der Waals surface area contributed by atoms with Crippen LogP contribution in [0.25, 0.3) is 0 Å². The number of nitrogens with zero attached hydrogens (tertiary/aromatic N) is 4. The summed E-state index contributed by atoms with van der Waals surface area (Å²) in [5, 5.41) is 0.0626. The molecule has 1 aliphatic rings. The molecule has 0 saturated carbocycles. The van der Waals surface area contributed by atoms with E-state index in [-0.39, 0.29) is 17.6 Å². The number of rotatable bonds is 4. The molecule has 1 atom stereocenters. The van der Waals surface area contributed by atoms with Gasteiger partial charge in [0.25, 0.3) is 10.0 Å². The molecular formula is C12H18N4O3S. The molecule has 0 spiro atoms. The normalized spacial score (nSPS) is 20.6. The molecule has 1 fully saturated rings. The molecule has 0 N–H and O–H groups in total. The van der Waals surface area contributed by atoms with Gasteiger partial charge >= 0.3 is 0 Å². The third kappa shape index (κ3) is 2.82. The second-order valence-corrected chi connectivity index (χ2v) is 6.68. The van der Waals surface area contributed by atoms with Crippen LogP contribution in [0.15, 0.2) is 16.2 Å². The van der Waals surface area contributed by atoms with E-state index in [1.807, 2.05) is 6.92 Å². The quantitative estimate of drug-likeness (QED) is 0.605. The van der Waals surface area contributed by atoms with Gasteiger partial charge < -0.3 is 4.57 Å². The molecule has 0 radical (unpaired) electrons. The van der Waals surface area contributed by atoms with E-state index in [1.54, 1.807) is 17.7 Å². The highest BCUT2D eigenvalue weighted by Crippen LogP contribution is 2.21. The van der Waals surface area contributed by atoms with Crippen molar-refractivity contribution < 1.29 is 13.2 Å². The Morgan fingerprint density at radius 1 is 1.55 bits per heavy atom. The fourth-order valence-corrected chi connectivity index (χ4v) is 3.89. The molecular weight excluding hydrogens is 280 g/mol. The van der Waals surface area contributed by atoms with Crippen molar-refractivity contribution in [2.45, 2.75) is 44.3 Å². The number of aliphatic imine (C=N–C) groups is 1. The fraction of sp³-hybridized carbons (Fsp3) is 0.667. The Kier molecular flexibility index (Phi) is 4.37. The van der Waals surface area contributed by atoms with Gasteiger partial charge in [-0.05, 0) is 26.7 Å². The van der Waals surface area contributed by atoms with Crippen molar-refractivity contribution in [2.24, 2.45) is 4.99 Å². The lowest BCUT2D eigenvalue weighted by atomic mass is 10.1. The van der Waals surface area contributed by atoms with Crippen LogP contribution in [0.4, 0.5) is 0 Å². The van der Waals surface area contributed by atoms with Gasteiger partial charge in [-0.15, -0.1) is 0 Å². The molecule has 1 aromatic heterocycles. The second kappa shape index (κ2) is 5.87. The van der Waals surface area contributed by atoms with Gasteiger partial charge in [0.2, 0.25) is 6.08 Å². The van der Waals surface area contributed by atoms with Gasteiger partial charge in [0.1, 0.15) is 5.82 Å². The summed E-state index contributed by atoms with van der Waals surface area (Å²) in [6, 6.07) is -0.301. The van der Waals surface area contributed by atoms with E-state index in [1.165, 1.54) is 10.4 Å². The maximum absolute atomic E-state index is 12.5. The lowest BCUT2D eigenvalue weighted by Crippen LogP contribution is -2.41. The van der Waals surface area contributed by atoms with Crippen LogP contribution in [0.1, 0.15) is 25.6 Å². The summed E-state index contributed by atoms with van der Waals surface area (Å²) >= 11 is 0. The molecule has 0 aliphatic carbocycles. The van der Waals surface area contributed by atoms with E-state index in [0.29, 0.717) is 31.8 Å². The predicted molar refractivity (Wildman–Crippen MR) is 72.5 cm³/mol. The molecule has 0 bridgehead atoms. The number of hydrogen-bond acceptors (Lipinski definition) is 5. The number of carbonyl (C=O) groups excluding carboxylic acids is 1. The topological polar surface area (TPSA) is 84.6 Å². The lowest BCUT2D eigenvalue weighted by molar-refractivity contribution is 0.316. The molecule has 8 heteroatoms. The van der Waals surface area contributed by atoms with Crippen molar-refractivity contribution in [1.29, 1.82) is 0 Å². The van der Waals surface area contributed by atoms with Gasteiger partial charge in [-0.1, -0.05) is 0 Å². The Labute approximate surface area is 118 Å². The zero-order valence-corrected chi connectivity index (χ0v) is 12.4. The number of imidazole rings is 1. The number of aryl methyl sites for hydroxylation is 2. The van der Waals surface area contributed by atoms with E-state index in [4.69, 9.17) is 0 Å². The maximum atomic E-state index is 12.5. The molecule has 20 heavy (non-hydrogen) atoms. The van der Waals surface area contributed by atoms with Crippen LogP contribution in [0.5, 0.6) is 0 Å². The van der Waals surface area contributed by atoms with E-state index in [9.17, 15) is 13.2 Å². The second-order valence-electron chi connectivity index (χ2n) is 4.79. The van der Waals surface area contributed by atoms with E-state index in [2.05, 4.69) is 9.98 Å². The largest absolute Gasteiger partial charge is 0.334 e. The average Bonchev–Trinajstić information content (AvgIpc) is 2.81. The Balaban J connectivity index is 2.27. The molecule has 1 aliphatic heterocycles. The third-order valence-corrected chi connectivity index (χ3v) is 5.23. The van der Waals surface area contributed by atoms with E-state index in [0.717, 1.165) is 0 Å². The van der Waals surface area contributed by atoms with Crippen molar-refractivity contribution in [3.63, 3.8) is 0 Å². The lowest BCUT2D eigenvalue weighted by Gasteiger charge is -2.28. The number of aromatic nitrogens is 2. The standard InChI is InChI=1S/C12H18N4O3S/c1-3-15-8-12(14-10(15)2)20(18,19)16-6-4-5-11(7-16)13-9-17/h8,11H,3-7H2,1-2H3. The number of hydrogen-bond donors (Lipinski definition) is 0. The Morgan fingerprint density at radius 2 is 2.30 bits per heavy atom. The highest BCUT2D eigenvalue weighted by molar-refractivity contribution is 7.89. The van der Waals surface area contributed by atoms with Crippen LogP contribution in [-0.4, -0.2) is 47.5 Å². The van der Waals surface area contributed by atoms with Crippen LogP contribution >= 0.6 is 0 Å². The monoisotopic (exact) mass is 298 g/mol. The minimum atomic E-state index is -3.61. The summed E-state index contributed by atoms with van der Waals surface area (Å²) in [6.07, 6.45) is 4.45. The summed E-state index contributed by atoms with van der Waals surface area (Å²) in [5.41, 5.74) is 0. The van der Waals surface area contributed by atoms with Crippen molar-refractivity contribution in [1.82, 2.24) is 13.9 Å². The Bertz CT molecular complexity index is 631. The van der Waals surface area contributed by atoms with Crippen LogP contribution in [0.3, 0.4) is 0 Å². The predicted octanol–water partition coefficient (Wildman–Crippen LogP) is 0.700. The fourth-order valence-electron chi connectivity index (χ4n) is 2.38. The molecule has 1 saturated heterocycles. The summed E-state index contributed by atoms with van der Waals surface area (Å²) < 4.78 is 28.2. The Hall–Kier alpha value is -1.50. The van der Waals surface area contributed by atoms with Crippen molar-refractivity contribution in [3.05, 3.63) is 12.0 Å². The number of isocyanates is 1. The number of sulfonamides is 1. The summed E-state index contributed by atoms with van der Waals surface area (Å²) in [5.74, 6) is 0.672. The van der Waals surface area contributed by atoms with Gasteiger partial charge in [0.15, 0.2) is 5.03 Å².